The molecule has 2 rings (SSSR count). The number of rotatable bonds is 6. The largest absolute Gasteiger partial charge is 0.491 e. The summed E-state index contributed by atoms with van der Waals surface area (Å²) >= 11 is 0. The lowest BCUT2D eigenvalue weighted by molar-refractivity contribution is -0.0388. The van der Waals surface area contributed by atoms with Crippen LogP contribution in [0.25, 0.3) is 0 Å². The number of carbonyl (C=O) groups is 1. The molecule has 1 fully saturated rings. The maximum absolute atomic E-state index is 10.8. The van der Waals surface area contributed by atoms with Crippen molar-refractivity contribution in [1.29, 1.82) is 0 Å². The molecule has 0 bridgehead atoms. The van der Waals surface area contributed by atoms with Gasteiger partial charge >= 0.3 is 5.97 Å². The van der Waals surface area contributed by atoms with Crippen LogP contribution in [0.2, 0.25) is 0 Å². The standard InChI is InChI=1S/C14H18O5/c15-14(16)11-2-1-3-13(10-11)19-9-8-18-12-4-6-17-7-5-12/h1-3,10,12H,4-9H2,(H,15,16). The molecule has 1 aromatic carbocycles. The summed E-state index contributed by atoms with van der Waals surface area (Å²) in [6.07, 6.45) is 2.10. The summed E-state index contributed by atoms with van der Waals surface area (Å²) in [5, 5.41) is 8.86. The molecule has 104 valence electrons. The normalized spacial score (nSPS) is 16.2. The molecule has 1 heterocycles. The van der Waals surface area contributed by atoms with Crippen molar-refractivity contribution in [2.24, 2.45) is 0 Å². The zero-order valence-corrected chi connectivity index (χ0v) is 10.7. The van der Waals surface area contributed by atoms with E-state index in [1.807, 2.05) is 0 Å². The summed E-state index contributed by atoms with van der Waals surface area (Å²) in [4.78, 5) is 10.8. The van der Waals surface area contributed by atoms with Crippen LogP contribution in [0.5, 0.6) is 5.75 Å². The van der Waals surface area contributed by atoms with E-state index < -0.39 is 5.97 Å². The number of carboxylic acids is 1. The lowest BCUT2D eigenvalue weighted by Gasteiger charge is -2.22. The summed E-state index contributed by atoms with van der Waals surface area (Å²) in [5.41, 5.74) is 0.225. The maximum atomic E-state index is 10.8. The second-order valence-electron chi connectivity index (χ2n) is 4.36. The molecule has 1 N–H and O–H groups in total. The summed E-state index contributed by atoms with van der Waals surface area (Å²) in [5.74, 6) is -0.403. The Morgan fingerprint density at radius 3 is 2.84 bits per heavy atom. The molecule has 5 nitrogen and oxygen atoms in total. The highest BCUT2D eigenvalue weighted by atomic mass is 16.5. The fourth-order valence-corrected chi connectivity index (χ4v) is 1.94. The SMILES string of the molecule is O=C(O)c1cccc(OCCOC2CCOCC2)c1. The Hall–Kier alpha value is -1.59. The lowest BCUT2D eigenvalue weighted by atomic mass is 10.2. The summed E-state index contributed by atoms with van der Waals surface area (Å²) < 4.78 is 16.4. The number of benzene rings is 1. The van der Waals surface area contributed by atoms with Crippen LogP contribution >= 0.6 is 0 Å². The lowest BCUT2D eigenvalue weighted by Crippen LogP contribution is -2.25. The number of hydrogen-bond acceptors (Lipinski definition) is 4. The van der Waals surface area contributed by atoms with Crippen LogP contribution in [0.4, 0.5) is 0 Å². The van der Waals surface area contributed by atoms with Crippen LogP contribution in [-0.2, 0) is 9.47 Å². The first-order chi connectivity index (χ1) is 9.25. The van der Waals surface area contributed by atoms with Gasteiger partial charge in [-0.2, -0.15) is 0 Å². The minimum absolute atomic E-state index is 0.225. The van der Waals surface area contributed by atoms with Gasteiger partial charge in [0.1, 0.15) is 12.4 Å². The molecule has 5 heteroatoms. The smallest absolute Gasteiger partial charge is 0.335 e. The van der Waals surface area contributed by atoms with Crippen LogP contribution in [0.1, 0.15) is 23.2 Å². The molecule has 1 aromatic rings. The van der Waals surface area contributed by atoms with Gasteiger partial charge in [-0.15, -0.1) is 0 Å². The van der Waals surface area contributed by atoms with Crippen molar-refractivity contribution in [2.45, 2.75) is 18.9 Å². The summed E-state index contributed by atoms with van der Waals surface area (Å²) in [7, 11) is 0. The molecule has 0 atom stereocenters. The van der Waals surface area contributed by atoms with E-state index in [0.29, 0.717) is 19.0 Å². The average Bonchev–Trinajstić information content (AvgIpc) is 2.45. The Balaban J connectivity index is 1.70. The minimum Gasteiger partial charge on any atom is -0.491 e. The number of ether oxygens (including phenoxy) is 3. The molecule has 0 unspecified atom stereocenters. The quantitative estimate of drug-likeness (QED) is 0.797. The summed E-state index contributed by atoms with van der Waals surface area (Å²) in [6, 6.07) is 6.45. The van der Waals surface area contributed by atoms with E-state index in [2.05, 4.69) is 0 Å². The van der Waals surface area contributed by atoms with Crippen molar-refractivity contribution in [2.75, 3.05) is 26.4 Å². The van der Waals surface area contributed by atoms with Crippen LogP contribution in [0, 0.1) is 0 Å². The molecular formula is C14H18O5. The first-order valence-electron chi connectivity index (χ1n) is 6.41. The third-order valence-electron chi connectivity index (χ3n) is 2.95. The van der Waals surface area contributed by atoms with Crippen molar-refractivity contribution in [3.8, 4) is 5.75 Å². The van der Waals surface area contributed by atoms with Gasteiger partial charge in [0, 0.05) is 13.2 Å². The van der Waals surface area contributed by atoms with E-state index in [4.69, 9.17) is 19.3 Å². The first-order valence-corrected chi connectivity index (χ1v) is 6.41. The summed E-state index contributed by atoms with van der Waals surface area (Å²) in [6.45, 7) is 2.43. The molecule has 19 heavy (non-hydrogen) atoms. The molecule has 0 amide bonds. The molecule has 0 saturated carbocycles. The predicted molar refractivity (Wildman–Crippen MR) is 68.7 cm³/mol. The van der Waals surface area contributed by atoms with E-state index in [1.54, 1.807) is 12.1 Å². The third-order valence-corrected chi connectivity index (χ3v) is 2.95. The second kappa shape index (κ2) is 7.11. The number of hydrogen-bond donors (Lipinski definition) is 1. The topological polar surface area (TPSA) is 65.0 Å². The third kappa shape index (κ3) is 4.54. The van der Waals surface area contributed by atoms with Gasteiger partial charge < -0.3 is 19.3 Å². The highest BCUT2D eigenvalue weighted by molar-refractivity contribution is 5.87. The highest BCUT2D eigenvalue weighted by Crippen LogP contribution is 2.14. The zero-order valence-electron chi connectivity index (χ0n) is 10.7. The fourth-order valence-electron chi connectivity index (χ4n) is 1.94. The Bertz CT molecular complexity index is 412. The molecule has 0 radical (unpaired) electrons. The number of aromatic carboxylic acids is 1. The Morgan fingerprint density at radius 1 is 1.32 bits per heavy atom. The van der Waals surface area contributed by atoms with Gasteiger partial charge in [-0.05, 0) is 31.0 Å². The van der Waals surface area contributed by atoms with Crippen LogP contribution in [-0.4, -0.2) is 43.6 Å². The van der Waals surface area contributed by atoms with Crippen LogP contribution < -0.4 is 4.74 Å². The molecule has 0 spiro atoms. The van der Waals surface area contributed by atoms with E-state index in [0.717, 1.165) is 26.1 Å². The van der Waals surface area contributed by atoms with E-state index in [-0.39, 0.29) is 11.7 Å². The fraction of sp³-hybridized carbons (Fsp3) is 0.500. The molecule has 0 aliphatic carbocycles. The predicted octanol–water partition coefficient (Wildman–Crippen LogP) is 1.96. The Labute approximate surface area is 112 Å². The molecule has 1 aliphatic heterocycles. The van der Waals surface area contributed by atoms with Crippen LogP contribution in [0.15, 0.2) is 24.3 Å². The molecular weight excluding hydrogens is 248 g/mol. The van der Waals surface area contributed by atoms with Gasteiger partial charge in [0.05, 0.1) is 18.3 Å². The second-order valence-corrected chi connectivity index (χ2v) is 4.36. The van der Waals surface area contributed by atoms with E-state index >= 15 is 0 Å². The van der Waals surface area contributed by atoms with Crippen molar-refractivity contribution in [3.63, 3.8) is 0 Å². The zero-order chi connectivity index (χ0) is 13.5. The average molecular weight is 266 g/mol. The highest BCUT2D eigenvalue weighted by Gasteiger charge is 2.13. The monoisotopic (exact) mass is 266 g/mol. The number of carboxylic acid groups (broad SMARTS) is 1. The van der Waals surface area contributed by atoms with Gasteiger partial charge in [0.25, 0.3) is 0 Å². The minimum atomic E-state index is -0.955. The first kappa shape index (κ1) is 13.8. The Morgan fingerprint density at radius 2 is 2.11 bits per heavy atom. The Kier molecular flexibility index (Phi) is 5.18. The molecule has 0 aromatic heterocycles. The van der Waals surface area contributed by atoms with E-state index in [9.17, 15) is 4.79 Å². The van der Waals surface area contributed by atoms with Crippen molar-refractivity contribution in [1.82, 2.24) is 0 Å². The van der Waals surface area contributed by atoms with Crippen LogP contribution in [0.3, 0.4) is 0 Å². The van der Waals surface area contributed by atoms with Gasteiger partial charge in [0.15, 0.2) is 0 Å². The maximum Gasteiger partial charge on any atom is 0.335 e. The van der Waals surface area contributed by atoms with Crippen molar-refractivity contribution < 1.29 is 24.1 Å². The molecule has 1 saturated heterocycles. The van der Waals surface area contributed by atoms with Crippen molar-refractivity contribution >= 4 is 5.97 Å². The van der Waals surface area contributed by atoms with Gasteiger partial charge in [0.2, 0.25) is 0 Å². The van der Waals surface area contributed by atoms with Gasteiger partial charge in [-0.25, -0.2) is 4.79 Å². The van der Waals surface area contributed by atoms with Crippen molar-refractivity contribution in [3.05, 3.63) is 29.8 Å². The van der Waals surface area contributed by atoms with E-state index in [1.165, 1.54) is 12.1 Å². The molecule has 1 aliphatic rings. The van der Waals surface area contributed by atoms with Gasteiger partial charge in [-0.3, -0.25) is 0 Å². The van der Waals surface area contributed by atoms with Gasteiger partial charge in [-0.1, -0.05) is 6.07 Å².